The molecule has 0 saturated heterocycles. The molecule has 2 rings (SSSR count). The lowest BCUT2D eigenvalue weighted by atomic mass is 9.89. The van der Waals surface area contributed by atoms with Crippen LogP contribution in [0.5, 0.6) is 5.75 Å². The van der Waals surface area contributed by atoms with Crippen molar-refractivity contribution in [3.63, 3.8) is 0 Å². The van der Waals surface area contributed by atoms with Crippen molar-refractivity contribution in [1.29, 1.82) is 0 Å². The first-order chi connectivity index (χ1) is 11.9. The smallest absolute Gasteiger partial charge is 0.242 e. The predicted molar refractivity (Wildman–Crippen MR) is 99.9 cm³/mol. The minimum absolute atomic E-state index is 0.243. The van der Waals surface area contributed by atoms with Gasteiger partial charge in [0.25, 0.3) is 0 Å². The van der Waals surface area contributed by atoms with E-state index in [1.54, 1.807) is 50.1 Å². The highest BCUT2D eigenvalue weighted by atomic mass is 16.5. The van der Waals surface area contributed by atoms with E-state index >= 15 is 0 Å². The molecule has 0 saturated carbocycles. The van der Waals surface area contributed by atoms with E-state index in [0.717, 1.165) is 5.69 Å². The number of hydrogen-bond acceptors (Lipinski definition) is 3. The van der Waals surface area contributed by atoms with Crippen LogP contribution in [0.15, 0.2) is 54.6 Å². The lowest BCUT2D eigenvalue weighted by molar-refractivity contribution is -0.136. The van der Waals surface area contributed by atoms with Gasteiger partial charge in [-0.05, 0) is 57.2 Å². The standard InChI is InChI=1S/C20H24N2O3/c1-5-22(16-9-7-6-8-10-16)19(24)20(2,3)18(23)21-15-11-13-17(25-4)14-12-15/h6-14H,5H2,1-4H3,(H,21,23). The van der Waals surface area contributed by atoms with Gasteiger partial charge in [-0.15, -0.1) is 0 Å². The molecular weight excluding hydrogens is 316 g/mol. The monoisotopic (exact) mass is 340 g/mol. The molecule has 0 radical (unpaired) electrons. The molecule has 0 atom stereocenters. The summed E-state index contributed by atoms with van der Waals surface area (Å²) in [4.78, 5) is 27.3. The second kappa shape index (κ2) is 7.83. The molecule has 0 heterocycles. The first-order valence-electron chi connectivity index (χ1n) is 8.22. The van der Waals surface area contributed by atoms with Crippen LogP contribution in [0.1, 0.15) is 20.8 Å². The molecule has 0 aliphatic rings. The maximum Gasteiger partial charge on any atom is 0.242 e. The summed E-state index contributed by atoms with van der Waals surface area (Å²) in [5.74, 6) is 0.110. The predicted octanol–water partition coefficient (Wildman–Crippen LogP) is 3.71. The average molecular weight is 340 g/mol. The molecule has 25 heavy (non-hydrogen) atoms. The Hall–Kier alpha value is -2.82. The fraction of sp³-hybridized carbons (Fsp3) is 0.300. The van der Waals surface area contributed by atoms with Gasteiger partial charge >= 0.3 is 0 Å². The molecule has 5 heteroatoms. The Morgan fingerprint density at radius 2 is 1.64 bits per heavy atom. The van der Waals surface area contributed by atoms with Gasteiger partial charge < -0.3 is 15.0 Å². The third kappa shape index (κ3) is 4.18. The molecule has 0 aromatic heterocycles. The highest BCUT2D eigenvalue weighted by Gasteiger charge is 2.39. The maximum absolute atomic E-state index is 13.0. The van der Waals surface area contributed by atoms with Crippen molar-refractivity contribution in [3.05, 3.63) is 54.6 Å². The number of carbonyl (C=O) groups excluding carboxylic acids is 2. The van der Waals surface area contributed by atoms with E-state index in [-0.39, 0.29) is 11.8 Å². The topological polar surface area (TPSA) is 58.6 Å². The van der Waals surface area contributed by atoms with Crippen LogP contribution in [0.2, 0.25) is 0 Å². The SMILES string of the molecule is CCN(C(=O)C(C)(C)C(=O)Nc1ccc(OC)cc1)c1ccccc1. The number of rotatable bonds is 6. The zero-order valence-corrected chi connectivity index (χ0v) is 15.1. The van der Waals surface area contributed by atoms with E-state index in [1.165, 1.54) is 0 Å². The molecule has 0 bridgehead atoms. The van der Waals surface area contributed by atoms with E-state index in [2.05, 4.69) is 5.32 Å². The summed E-state index contributed by atoms with van der Waals surface area (Å²) in [6.45, 7) is 5.66. The molecule has 1 N–H and O–H groups in total. The Balaban J connectivity index is 2.17. The van der Waals surface area contributed by atoms with Gasteiger partial charge in [-0.2, -0.15) is 0 Å². The van der Waals surface area contributed by atoms with Crippen LogP contribution in [0.25, 0.3) is 0 Å². The largest absolute Gasteiger partial charge is 0.497 e. The Kier molecular flexibility index (Phi) is 5.80. The van der Waals surface area contributed by atoms with Crippen molar-refractivity contribution >= 4 is 23.2 Å². The fourth-order valence-electron chi connectivity index (χ4n) is 2.45. The summed E-state index contributed by atoms with van der Waals surface area (Å²) in [6, 6.07) is 16.4. The lowest BCUT2D eigenvalue weighted by Gasteiger charge is -2.30. The molecule has 132 valence electrons. The minimum atomic E-state index is -1.20. The number of methoxy groups -OCH3 is 1. The molecule has 2 aromatic rings. The minimum Gasteiger partial charge on any atom is -0.497 e. The van der Waals surface area contributed by atoms with Crippen LogP contribution in [0.3, 0.4) is 0 Å². The zero-order valence-electron chi connectivity index (χ0n) is 15.1. The van der Waals surface area contributed by atoms with Crippen LogP contribution in [0.4, 0.5) is 11.4 Å². The highest BCUT2D eigenvalue weighted by molar-refractivity contribution is 6.14. The summed E-state index contributed by atoms with van der Waals surface area (Å²) in [6.07, 6.45) is 0. The summed E-state index contributed by atoms with van der Waals surface area (Å²) < 4.78 is 5.10. The van der Waals surface area contributed by atoms with Crippen molar-refractivity contribution < 1.29 is 14.3 Å². The van der Waals surface area contributed by atoms with Crippen LogP contribution >= 0.6 is 0 Å². The first kappa shape index (κ1) is 18.5. The van der Waals surface area contributed by atoms with Gasteiger partial charge in [0.1, 0.15) is 11.2 Å². The molecule has 2 amide bonds. The fourth-order valence-corrected chi connectivity index (χ4v) is 2.45. The maximum atomic E-state index is 13.0. The molecule has 5 nitrogen and oxygen atoms in total. The Labute approximate surface area is 148 Å². The van der Waals surface area contributed by atoms with E-state index in [0.29, 0.717) is 18.0 Å². The van der Waals surface area contributed by atoms with Gasteiger partial charge in [0, 0.05) is 17.9 Å². The number of carbonyl (C=O) groups is 2. The van der Waals surface area contributed by atoms with E-state index < -0.39 is 5.41 Å². The van der Waals surface area contributed by atoms with Crippen molar-refractivity contribution in [1.82, 2.24) is 0 Å². The average Bonchev–Trinajstić information content (AvgIpc) is 2.63. The van der Waals surface area contributed by atoms with Gasteiger partial charge in [0.2, 0.25) is 11.8 Å². The zero-order chi connectivity index (χ0) is 18.4. The van der Waals surface area contributed by atoms with Gasteiger partial charge in [-0.3, -0.25) is 9.59 Å². The second-order valence-electron chi connectivity index (χ2n) is 6.19. The summed E-state index contributed by atoms with van der Waals surface area (Å²) in [7, 11) is 1.58. The quantitative estimate of drug-likeness (QED) is 0.816. The number of ether oxygens (including phenoxy) is 1. The first-order valence-corrected chi connectivity index (χ1v) is 8.22. The number of benzene rings is 2. The molecule has 0 aliphatic carbocycles. The third-order valence-electron chi connectivity index (χ3n) is 4.08. The van der Waals surface area contributed by atoms with Crippen LogP contribution < -0.4 is 15.0 Å². The van der Waals surface area contributed by atoms with E-state index in [4.69, 9.17) is 4.74 Å². The number of nitrogens with zero attached hydrogens (tertiary/aromatic N) is 1. The van der Waals surface area contributed by atoms with E-state index in [1.807, 2.05) is 37.3 Å². The molecule has 2 aromatic carbocycles. The van der Waals surface area contributed by atoms with E-state index in [9.17, 15) is 9.59 Å². The van der Waals surface area contributed by atoms with Crippen molar-refractivity contribution in [2.75, 3.05) is 23.9 Å². The molecular formula is C20H24N2O3. The number of hydrogen-bond donors (Lipinski definition) is 1. The van der Waals surface area contributed by atoms with Crippen LogP contribution in [-0.4, -0.2) is 25.5 Å². The summed E-state index contributed by atoms with van der Waals surface area (Å²) >= 11 is 0. The summed E-state index contributed by atoms with van der Waals surface area (Å²) in [5, 5.41) is 2.80. The van der Waals surface area contributed by atoms with Crippen molar-refractivity contribution in [2.45, 2.75) is 20.8 Å². The van der Waals surface area contributed by atoms with Crippen LogP contribution in [-0.2, 0) is 9.59 Å². The summed E-state index contributed by atoms with van der Waals surface area (Å²) in [5.41, 5.74) is 0.195. The van der Waals surface area contributed by atoms with Crippen molar-refractivity contribution in [3.8, 4) is 5.75 Å². The van der Waals surface area contributed by atoms with Crippen LogP contribution in [0, 0.1) is 5.41 Å². The third-order valence-corrected chi connectivity index (χ3v) is 4.08. The van der Waals surface area contributed by atoms with Gasteiger partial charge in [0.05, 0.1) is 7.11 Å². The number of para-hydroxylation sites is 1. The molecule has 0 fully saturated rings. The number of nitrogens with one attached hydrogen (secondary N) is 1. The number of anilines is 2. The normalized spacial score (nSPS) is 10.9. The Morgan fingerprint density at radius 3 is 2.16 bits per heavy atom. The molecule has 0 aliphatic heterocycles. The molecule has 0 unspecified atom stereocenters. The Bertz CT molecular complexity index is 724. The lowest BCUT2D eigenvalue weighted by Crippen LogP contribution is -2.47. The highest BCUT2D eigenvalue weighted by Crippen LogP contribution is 2.26. The number of amides is 2. The van der Waals surface area contributed by atoms with Gasteiger partial charge in [0.15, 0.2) is 0 Å². The van der Waals surface area contributed by atoms with Gasteiger partial charge in [-0.25, -0.2) is 0 Å². The van der Waals surface area contributed by atoms with Gasteiger partial charge in [-0.1, -0.05) is 18.2 Å². The second-order valence-corrected chi connectivity index (χ2v) is 6.19. The van der Waals surface area contributed by atoms with Crippen molar-refractivity contribution in [2.24, 2.45) is 5.41 Å². The molecule has 0 spiro atoms. The Morgan fingerprint density at radius 1 is 1.04 bits per heavy atom.